The molecule has 2 N–H and O–H groups in total. The largest absolute Gasteiger partial charge is 0.481 e. The Morgan fingerprint density at radius 2 is 2.19 bits per heavy atom. The molecule has 3 nitrogen and oxygen atoms in total. The topological polar surface area (TPSA) is 49.3 Å². The summed E-state index contributed by atoms with van der Waals surface area (Å²) in [6.45, 7) is 1.05. The Morgan fingerprint density at radius 3 is 2.81 bits per heavy atom. The third-order valence-corrected chi connectivity index (χ3v) is 2.81. The SMILES string of the molecule is Cl.O=C(O)[C@H]1CNC[C@@H]1c1cccc(F)c1. The van der Waals surface area contributed by atoms with Gasteiger partial charge in [-0.3, -0.25) is 4.79 Å². The Kier molecular flexibility index (Phi) is 4.26. The first-order valence-electron chi connectivity index (χ1n) is 4.87. The maximum absolute atomic E-state index is 13.0. The first-order valence-corrected chi connectivity index (χ1v) is 4.87. The van der Waals surface area contributed by atoms with E-state index in [1.54, 1.807) is 12.1 Å². The average molecular weight is 246 g/mol. The summed E-state index contributed by atoms with van der Waals surface area (Å²) in [7, 11) is 0. The van der Waals surface area contributed by atoms with E-state index in [0.717, 1.165) is 5.56 Å². The van der Waals surface area contributed by atoms with Crippen molar-refractivity contribution in [1.82, 2.24) is 5.32 Å². The zero-order chi connectivity index (χ0) is 10.8. The molecule has 88 valence electrons. The van der Waals surface area contributed by atoms with Crippen molar-refractivity contribution in [1.29, 1.82) is 0 Å². The van der Waals surface area contributed by atoms with Crippen molar-refractivity contribution in [3.8, 4) is 0 Å². The van der Waals surface area contributed by atoms with Crippen molar-refractivity contribution in [3.05, 3.63) is 35.6 Å². The highest BCUT2D eigenvalue weighted by atomic mass is 35.5. The van der Waals surface area contributed by atoms with Crippen LogP contribution < -0.4 is 5.32 Å². The fourth-order valence-electron chi connectivity index (χ4n) is 2.03. The van der Waals surface area contributed by atoms with Crippen LogP contribution in [0.1, 0.15) is 11.5 Å². The number of carboxylic acid groups (broad SMARTS) is 1. The summed E-state index contributed by atoms with van der Waals surface area (Å²) in [5, 5.41) is 12.0. The van der Waals surface area contributed by atoms with Gasteiger partial charge in [0.1, 0.15) is 5.82 Å². The number of nitrogens with one attached hydrogen (secondary N) is 1. The zero-order valence-corrected chi connectivity index (χ0v) is 9.34. The van der Waals surface area contributed by atoms with E-state index in [4.69, 9.17) is 5.11 Å². The molecule has 0 aromatic heterocycles. The van der Waals surface area contributed by atoms with Crippen LogP contribution in [-0.4, -0.2) is 24.2 Å². The van der Waals surface area contributed by atoms with Crippen molar-refractivity contribution in [2.45, 2.75) is 5.92 Å². The van der Waals surface area contributed by atoms with E-state index in [-0.39, 0.29) is 24.1 Å². The number of rotatable bonds is 2. The van der Waals surface area contributed by atoms with E-state index in [0.29, 0.717) is 13.1 Å². The van der Waals surface area contributed by atoms with Gasteiger partial charge in [0, 0.05) is 19.0 Å². The van der Waals surface area contributed by atoms with E-state index in [9.17, 15) is 9.18 Å². The van der Waals surface area contributed by atoms with Crippen LogP contribution in [-0.2, 0) is 4.79 Å². The Hall–Kier alpha value is -1.13. The molecule has 1 aliphatic rings. The van der Waals surface area contributed by atoms with Crippen LogP contribution in [0.4, 0.5) is 4.39 Å². The fourth-order valence-corrected chi connectivity index (χ4v) is 2.03. The molecule has 0 saturated carbocycles. The molecule has 0 aliphatic carbocycles. The Balaban J connectivity index is 0.00000128. The number of hydrogen-bond acceptors (Lipinski definition) is 2. The predicted octanol–water partition coefficient (Wildman–Crippen LogP) is 1.64. The summed E-state index contributed by atoms with van der Waals surface area (Å²) in [4.78, 5) is 10.9. The second kappa shape index (κ2) is 5.27. The summed E-state index contributed by atoms with van der Waals surface area (Å²) in [5.41, 5.74) is 0.757. The number of hydrogen-bond donors (Lipinski definition) is 2. The molecule has 1 aliphatic heterocycles. The van der Waals surface area contributed by atoms with Crippen molar-refractivity contribution in [3.63, 3.8) is 0 Å². The monoisotopic (exact) mass is 245 g/mol. The minimum absolute atomic E-state index is 0. The molecule has 16 heavy (non-hydrogen) atoms. The lowest BCUT2D eigenvalue weighted by atomic mass is 9.89. The highest BCUT2D eigenvalue weighted by molar-refractivity contribution is 5.85. The molecule has 1 fully saturated rings. The van der Waals surface area contributed by atoms with Gasteiger partial charge in [-0.1, -0.05) is 12.1 Å². The minimum atomic E-state index is -0.825. The number of carboxylic acids is 1. The van der Waals surface area contributed by atoms with Gasteiger partial charge >= 0.3 is 5.97 Å². The molecule has 0 radical (unpaired) electrons. The van der Waals surface area contributed by atoms with Gasteiger partial charge in [-0.25, -0.2) is 4.39 Å². The zero-order valence-electron chi connectivity index (χ0n) is 8.52. The molecule has 1 heterocycles. The van der Waals surface area contributed by atoms with E-state index in [1.165, 1.54) is 12.1 Å². The van der Waals surface area contributed by atoms with Gasteiger partial charge in [-0.15, -0.1) is 12.4 Å². The summed E-state index contributed by atoms with van der Waals surface area (Å²) in [6.07, 6.45) is 0. The second-order valence-corrected chi connectivity index (χ2v) is 3.76. The molecule has 1 aromatic rings. The molecule has 1 saturated heterocycles. The van der Waals surface area contributed by atoms with Crippen molar-refractivity contribution >= 4 is 18.4 Å². The molecular weight excluding hydrogens is 233 g/mol. The Labute approximate surface area is 99.1 Å². The molecule has 0 bridgehead atoms. The fraction of sp³-hybridized carbons (Fsp3) is 0.364. The van der Waals surface area contributed by atoms with Crippen LogP contribution in [0.3, 0.4) is 0 Å². The van der Waals surface area contributed by atoms with Crippen LogP contribution >= 0.6 is 12.4 Å². The highest BCUT2D eigenvalue weighted by Gasteiger charge is 2.33. The molecular formula is C11H13ClFNO2. The van der Waals surface area contributed by atoms with Crippen LogP contribution in [0, 0.1) is 11.7 Å². The second-order valence-electron chi connectivity index (χ2n) is 3.76. The Morgan fingerprint density at radius 1 is 1.44 bits per heavy atom. The molecule has 0 spiro atoms. The molecule has 0 unspecified atom stereocenters. The van der Waals surface area contributed by atoms with E-state index < -0.39 is 11.9 Å². The van der Waals surface area contributed by atoms with Gasteiger partial charge in [0.15, 0.2) is 0 Å². The lowest BCUT2D eigenvalue weighted by molar-refractivity contribution is -0.141. The van der Waals surface area contributed by atoms with Gasteiger partial charge in [0.25, 0.3) is 0 Å². The van der Waals surface area contributed by atoms with Gasteiger partial charge in [0.05, 0.1) is 5.92 Å². The van der Waals surface area contributed by atoms with Crippen molar-refractivity contribution in [2.75, 3.05) is 13.1 Å². The normalized spacial score (nSPS) is 23.8. The van der Waals surface area contributed by atoms with Gasteiger partial charge < -0.3 is 10.4 Å². The van der Waals surface area contributed by atoms with Crippen LogP contribution in [0.5, 0.6) is 0 Å². The summed E-state index contributed by atoms with van der Waals surface area (Å²) < 4.78 is 13.0. The lowest BCUT2D eigenvalue weighted by Gasteiger charge is -2.14. The molecule has 1 aromatic carbocycles. The third kappa shape index (κ3) is 2.51. The third-order valence-electron chi connectivity index (χ3n) is 2.81. The maximum Gasteiger partial charge on any atom is 0.308 e. The quantitative estimate of drug-likeness (QED) is 0.833. The summed E-state index contributed by atoms with van der Waals surface area (Å²) in [6, 6.07) is 6.16. The predicted molar refractivity (Wildman–Crippen MR) is 60.4 cm³/mol. The highest BCUT2D eigenvalue weighted by Crippen LogP contribution is 2.28. The Bertz CT molecular complexity index is 386. The summed E-state index contributed by atoms with van der Waals surface area (Å²) >= 11 is 0. The van der Waals surface area contributed by atoms with Crippen molar-refractivity contribution < 1.29 is 14.3 Å². The van der Waals surface area contributed by atoms with Crippen LogP contribution in [0.15, 0.2) is 24.3 Å². The number of carbonyl (C=O) groups is 1. The van der Waals surface area contributed by atoms with Crippen LogP contribution in [0.2, 0.25) is 0 Å². The van der Waals surface area contributed by atoms with E-state index >= 15 is 0 Å². The first-order chi connectivity index (χ1) is 7.18. The van der Waals surface area contributed by atoms with Gasteiger partial charge in [-0.05, 0) is 17.7 Å². The van der Waals surface area contributed by atoms with Gasteiger partial charge in [-0.2, -0.15) is 0 Å². The van der Waals surface area contributed by atoms with Gasteiger partial charge in [0.2, 0.25) is 0 Å². The minimum Gasteiger partial charge on any atom is -0.481 e. The molecule has 2 atom stereocenters. The average Bonchev–Trinajstić information content (AvgIpc) is 2.65. The summed E-state index contributed by atoms with van der Waals surface area (Å²) in [5.74, 6) is -1.72. The lowest BCUT2D eigenvalue weighted by Crippen LogP contribution is -2.21. The standard InChI is InChI=1S/C11H12FNO2.ClH/c12-8-3-1-2-7(4-8)9-5-13-6-10(9)11(14)15;/h1-4,9-10,13H,5-6H2,(H,14,15);1H/t9-,10+;/m1./s1. The van der Waals surface area contributed by atoms with Crippen molar-refractivity contribution in [2.24, 2.45) is 5.92 Å². The number of halogens is 2. The smallest absolute Gasteiger partial charge is 0.308 e. The number of benzene rings is 1. The number of aliphatic carboxylic acids is 1. The molecule has 0 amide bonds. The van der Waals surface area contributed by atoms with Crippen LogP contribution in [0.25, 0.3) is 0 Å². The van der Waals surface area contributed by atoms with E-state index in [1.807, 2.05) is 0 Å². The van der Waals surface area contributed by atoms with E-state index in [2.05, 4.69) is 5.32 Å². The molecule has 2 rings (SSSR count). The maximum atomic E-state index is 13.0. The first kappa shape index (κ1) is 12.9. The molecule has 5 heteroatoms.